The highest BCUT2D eigenvalue weighted by Gasteiger charge is 2.10. The summed E-state index contributed by atoms with van der Waals surface area (Å²) in [5.74, 6) is -0.444. The van der Waals surface area contributed by atoms with Gasteiger partial charge in [0.2, 0.25) is 0 Å². The molecule has 0 saturated heterocycles. The summed E-state index contributed by atoms with van der Waals surface area (Å²) in [6, 6.07) is 5.26. The summed E-state index contributed by atoms with van der Waals surface area (Å²) < 4.78 is 4.87. The average molecular weight is 229 g/mol. The first-order chi connectivity index (χ1) is 8.31. The molecule has 86 valence electrons. The number of ether oxygens (including phenoxy) is 1. The minimum Gasteiger partial charge on any atom is -0.461 e. The molecule has 2 heterocycles. The van der Waals surface area contributed by atoms with Gasteiger partial charge in [0.15, 0.2) is 5.69 Å². The summed E-state index contributed by atoms with van der Waals surface area (Å²) in [5.41, 5.74) is 1.73. The maximum atomic E-state index is 11.5. The van der Waals surface area contributed by atoms with E-state index in [-0.39, 0.29) is 5.69 Å². The van der Waals surface area contributed by atoms with Crippen LogP contribution in [-0.4, -0.2) is 27.5 Å². The molecule has 0 aliphatic heterocycles. The van der Waals surface area contributed by atoms with Gasteiger partial charge in [0, 0.05) is 18.0 Å². The third-order valence-corrected chi connectivity index (χ3v) is 2.11. The van der Waals surface area contributed by atoms with Gasteiger partial charge in [0.25, 0.3) is 0 Å². The largest absolute Gasteiger partial charge is 0.461 e. The number of nitrogens with zero attached hydrogens (tertiary/aromatic N) is 3. The first-order valence-corrected chi connectivity index (χ1v) is 5.21. The molecule has 0 unspecified atom stereocenters. The van der Waals surface area contributed by atoms with Gasteiger partial charge in [-0.2, -0.15) is 0 Å². The van der Waals surface area contributed by atoms with Gasteiger partial charge in [-0.25, -0.2) is 14.8 Å². The van der Waals surface area contributed by atoms with Crippen LogP contribution in [0.5, 0.6) is 0 Å². The van der Waals surface area contributed by atoms with Crippen molar-refractivity contribution in [2.24, 2.45) is 0 Å². The lowest BCUT2D eigenvalue weighted by molar-refractivity contribution is 0.0519. The number of aromatic nitrogens is 3. The Balaban J connectivity index is 2.32. The van der Waals surface area contributed by atoms with Gasteiger partial charge in [-0.3, -0.25) is 4.98 Å². The predicted octanol–water partition coefficient (Wildman–Crippen LogP) is 1.72. The Bertz CT molecular complexity index is 514. The number of hydrogen-bond acceptors (Lipinski definition) is 5. The Morgan fingerprint density at radius 2 is 2.29 bits per heavy atom. The highest BCUT2D eigenvalue weighted by molar-refractivity contribution is 5.88. The van der Waals surface area contributed by atoms with E-state index in [4.69, 9.17) is 4.74 Å². The van der Waals surface area contributed by atoms with Crippen molar-refractivity contribution in [3.05, 3.63) is 42.6 Å². The molecule has 0 spiro atoms. The number of carbonyl (C=O) groups excluding carboxylic acids is 1. The molecule has 5 nitrogen and oxygen atoms in total. The monoisotopic (exact) mass is 229 g/mol. The second-order valence-electron chi connectivity index (χ2n) is 3.25. The van der Waals surface area contributed by atoms with Gasteiger partial charge < -0.3 is 4.74 Å². The normalized spacial score (nSPS) is 9.94. The van der Waals surface area contributed by atoms with Crippen molar-refractivity contribution >= 4 is 5.97 Å². The van der Waals surface area contributed by atoms with E-state index in [0.29, 0.717) is 12.3 Å². The fraction of sp³-hybridized carbons (Fsp3) is 0.167. The third kappa shape index (κ3) is 2.63. The van der Waals surface area contributed by atoms with Gasteiger partial charge in [0.1, 0.15) is 6.33 Å². The van der Waals surface area contributed by atoms with E-state index >= 15 is 0 Å². The van der Waals surface area contributed by atoms with Crippen LogP contribution in [0.1, 0.15) is 17.4 Å². The van der Waals surface area contributed by atoms with Crippen LogP contribution in [0.4, 0.5) is 0 Å². The maximum absolute atomic E-state index is 11.5. The minimum absolute atomic E-state index is 0.251. The molecule has 0 N–H and O–H groups in total. The molecule has 0 radical (unpaired) electrons. The van der Waals surface area contributed by atoms with Gasteiger partial charge >= 0.3 is 5.97 Å². The fourth-order valence-electron chi connectivity index (χ4n) is 1.35. The standard InChI is InChI=1S/C12H11N3O2/c1-2-17-12(16)11-6-10(14-8-15-11)9-4-3-5-13-7-9/h3-8H,2H2,1H3. The summed E-state index contributed by atoms with van der Waals surface area (Å²) in [6.07, 6.45) is 4.70. The Labute approximate surface area is 98.5 Å². The Hall–Kier alpha value is -2.30. The minimum atomic E-state index is -0.444. The van der Waals surface area contributed by atoms with Crippen molar-refractivity contribution in [1.82, 2.24) is 15.0 Å². The summed E-state index contributed by atoms with van der Waals surface area (Å²) >= 11 is 0. The van der Waals surface area contributed by atoms with Crippen LogP contribution >= 0.6 is 0 Å². The average Bonchev–Trinajstić information content (AvgIpc) is 2.40. The van der Waals surface area contributed by atoms with E-state index in [1.807, 2.05) is 12.1 Å². The van der Waals surface area contributed by atoms with E-state index in [1.54, 1.807) is 25.4 Å². The highest BCUT2D eigenvalue weighted by atomic mass is 16.5. The highest BCUT2D eigenvalue weighted by Crippen LogP contribution is 2.15. The van der Waals surface area contributed by atoms with Gasteiger partial charge in [-0.05, 0) is 25.1 Å². The van der Waals surface area contributed by atoms with Crippen molar-refractivity contribution in [2.75, 3.05) is 6.61 Å². The lowest BCUT2D eigenvalue weighted by atomic mass is 10.2. The maximum Gasteiger partial charge on any atom is 0.357 e. The number of pyridine rings is 1. The van der Waals surface area contributed by atoms with E-state index < -0.39 is 5.97 Å². The number of carbonyl (C=O) groups is 1. The molecule has 0 fully saturated rings. The Kier molecular flexibility index (Phi) is 3.40. The van der Waals surface area contributed by atoms with Gasteiger partial charge in [-0.15, -0.1) is 0 Å². The zero-order valence-corrected chi connectivity index (χ0v) is 9.33. The van der Waals surface area contributed by atoms with E-state index in [0.717, 1.165) is 5.56 Å². The number of rotatable bonds is 3. The van der Waals surface area contributed by atoms with Gasteiger partial charge in [0.05, 0.1) is 12.3 Å². The molecule has 0 amide bonds. The third-order valence-electron chi connectivity index (χ3n) is 2.11. The number of esters is 1. The van der Waals surface area contributed by atoms with Crippen LogP contribution in [-0.2, 0) is 4.74 Å². The second-order valence-corrected chi connectivity index (χ2v) is 3.25. The van der Waals surface area contributed by atoms with Crippen molar-refractivity contribution in [2.45, 2.75) is 6.92 Å². The molecule has 0 bridgehead atoms. The van der Waals surface area contributed by atoms with Crippen molar-refractivity contribution in [3.8, 4) is 11.3 Å². The van der Waals surface area contributed by atoms with Crippen molar-refractivity contribution in [3.63, 3.8) is 0 Å². The molecule has 0 atom stereocenters. The molecule has 0 aliphatic rings. The Morgan fingerprint density at radius 3 is 3.00 bits per heavy atom. The molecule has 5 heteroatoms. The first-order valence-electron chi connectivity index (χ1n) is 5.21. The Morgan fingerprint density at radius 1 is 1.41 bits per heavy atom. The smallest absolute Gasteiger partial charge is 0.357 e. The van der Waals surface area contributed by atoms with Crippen LogP contribution in [0.2, 0.25) is 0 Å². The number of hydrogen-bond donors (Lipinski definition) is 0. The molecular weight excluding hydrogens is 218 g/mol. The van der Waals surface area contributed by atoms with E-state index in [2.05, 4.69) is 15.0 Å². The topological polar surface area (TPSA) is 65.0 Å². The molecule has 2 aromatic rings. The van der Waals surface area contributed by atoms with Crippen LogP contribution in [0.25, 0.3) is 11.3 Å². The van der Waals surface area contributed by atoms with Crippen molar-refractivity contribution < 1.29 is 9.53 Å². The summed E-state index contributed by atoms with van der Waals surface area (Å²) in [5, 5.41) is 0. The molecule has 2 rings (SSSR count). The fourth-order valence-corrected chi connectivity index (χ4v) is 1.35. The predicted molar refractivity (Wildman–Crippen MR) is 61.2 cm³/mol. The molecular formula is C12H11N3O2. The zero-order valence-electron chi connectivity index (χ0n) is 9.33. The van der Waals surface area contributed by atoms with E-state index in [9.17, 15) is 4.79 Å². The lowest BCUT2D eigenvalue weighted by Crippen LogP contribution is -2.07. The molecule has 0 aromatic carbocycles. The molecule has 0 aliphatic carbocycles. The summed E-state index contributed by atoms with van der Waals surface area (Å²) in [6.45, 7) is 2.08. The summed E-state index contributed by atoms with van der Waals surface area (Å²) in [4.78, 5) is 23.5. The van der Waals surface area contributed by atoms with E-state index in [1.165, 1.54) is 6.33 Å². The zero-order chi connectivity index (χ0) is 12.1. The van der Waals surface area contributed by atoms with Crippen LogP contribution in [0.3, 0.4) is 0 Å². The summed E-state index contributed by atoms with van der Waals surface area (Å²) in [7, 11) is 0. The second kappa shape index (κ2) is 5.16. The molecule has 2 aromatic heterocycles. The van der Waals surface area contributed by atoms with Crippen LogP contribution in [0, 0.1) is 0 Å². The molecule has 0 saturated carbocycles. The van der Waals surface area contributed by atoms with Crippen LogP contribution in [0.15, 0.2) is 36.9 Å². The van der Waals surface area contributed by atoms with Crippen molar-refractivity contribution in [1.29, 1.82) is 0 Å². The lowest BCUT2D eigenvalue weighted by Gasteiger charge is -2.03. The first kappa shape index (κ1) is 11.2. The van der Waals surface area contributed by atoms with Crippen LogP contribution < -0.4 is 0 Å². The molecule has 17 heavy (non-hydrogen) atoms. The quantitative estimate of drug-likeness (QED) is 0.750. The van der Waals surface area contributed by atoms with Gasteiger partial charge in [-0.1, -0.05) is 0 Å². The SMILES string of the molecule is CCOC(=O)c1cc(-c2cccnc2)ncn1.